The van der Waals surface area contributed by atoms with Gasteiger partial charge < -0.3 is 28.3 Å². The van der Waals surface area contributed by atoms with Gasteiger partial charge in [0.25, 0.3) is 5.91 Å². The third-order valence-electron chi connectivity index (χ3n) is 6.29. The van der Waals surface area contributed by atoms with Crippen LogP contribution in [0.3, 0.4) is 0 Å². The number of aryl methyl sites for hydroxylation is 1. The van der Waals surface area contributed by atoms with E-state index >= 15 is 0 Å². The van der Waals surface area contributed by atoms with Crippen LogP contribution in [0, 0.1) is 6.92 Å². The number of nitrogens with zero attached hydrogens (tertiary/aromatic N) is 2. The molecule has 186 valence electrons. The molecule has 36 heavy (non-hydrogen) atoms. The Hall–Kier alpha value is -4.04. The molecule has 5 rings (SSSR count). The summed E-state index contributed by atoms with van der Waals surface area (Å²) in [6.07, 6.45) is 0. The van der Waals surface area contributed by atoms with Crippen LogP contribution < -0.4 is 14.2 Å². The van der Waals surface area contributed by atoms with Gasteiger partial charge in [-0.05, 0) is 48.9 Å². The van der Waals surface area contributed by atoms with Gasteiger partial charge in [-0.2, -0.15) is 0 Å². The highest BCUT2D eigenvalue weighted by atomic mass is 16.5. The first-order valence-corrected chi connectivity index (χ1v) is 11.7. The fourth-order valence-electron chi connectivity index (χ4n) is 4.53. The second-order valence-electron chi connectivity index (χ2n) is 8.62. The molecule has 2 aromatic carbocycles. The van der Waals surface area contributed by atoms with Gasteiger partial charge >= 0.3 is 0 Å². The number of furan rings is 1. The molecule has 4 aromatic rings. The summed E-state index contributed by atoms with van der Waals surface area (Å²) in [6.45, 7) is 3.46. The zero-order valence-corrected chi connectivity index (χ0v) is 20.8. The molecule has 0 radical (unpaired) electrons. The summed E-state index contributed by atoms with van der Waals surface area (Å²) >= 11 is 0. The molecule has 0 bridgehead atoms. The Morgan fingerprint density at radius 1 is 1.06 bits per heavy atom. The minimum absolute atomic E-state index is 0.206. The summed E-state index contributed by atoms with van der Waals surface area (Å²) in [6, 6.07) is 15.3. The van der Waals surface area contributed by atoms with Crippen LogP contribution in [0.25, 0.3) is 22.2 Å². The molecular formula is C28H28N2O6. The lowest BCUT2D eigenvalue weighted by molar-refractivity contribution is 0.0693. The number of carbonyl (C=O) groups excluding carboxylic acids is 1. The standard InChI is InChI=1S/C28H28N2O6/c1-17-12-22(29-26-21(17)6-5-7-23(26)33-3)18-13-19-15-30(10-11-35-27(19)25(14-18)34-4)28(31)24-9-8-20(36-24)16-32-2/h5-9,12-14H,10-11,15-16H2,1-4H3. The fraction of sp³-hybridized carbons (Fsp3) is 0.286. The van der Waals surface area contributed by atoms with Crippen molar-refractivity contribution in [2.45, 2.75) is 20.1 Å². The SMILES string of the molecule is COCc1ccc(C(=O)N2CCOc3c(cc(-c4cc(C)c5cccc(OC)c5n4)cc3OC)C2)o1. The van der Waals surface area contributed by atoms with Gasteiger partial charge in [-0.25, -0.2) is 4.98 Å². The van der Waals surface area contributed by atoms with Crippen molar-refractivity contribution in [3.05, 3.63) is 71.2 Å². The van der Waals surface area contributed by atoms with E-state index in [-0.39, 0.29) is 11.7 Å². The second kappa shape index (κ2) is 9.91. The van der Waals surface area contributed by atoms with E-state index in [0.29, 0.717) is 49.3 Å². The van der Waals surface area contributed by atoms with Gasteiger partial charge in [0.15, 0.2) is 17.3 Å². The van der Waals surface area contributed by atoms with Gasteiger partial charge in [-0.1, -0.05) is 12.1 Å². The number of para-hydroxylation sites is 1. The summed E-state index contributed by atoms with van der Waals surface area (Å²) in [5, 5.41) is 1.03. The van der Waals surface area contributed by atoms with Crippen molar-refractivity contribution in [3.8, 4) is 28.5 Å². The molecule has 8 nitrogen and oxygen atoms in total. The topological polar surface area (TPSA) is 83.3 Å². The average molecular weight is 489 g/mol. The van der Waals surface area contributed by atoms with E-state index in [1.165, 1.54) is 0 Å². The Labute approximate surface area is 209 Å². The third kappa shape index (κ3) is 4.35. The van der Waals surface area contributed by atoms with E-state index in [1.807, 2.05) is 36.4 Å². The Morgan fingerprint density at radius 2 is 1.89 bits per heavy atom. The molecule has 0 fully saturated rings. The highest BCUT2D eigenvalue weighted by Gasteiger charge is 2.26. The maximum atomic E-state index is 13.2. The Balaban J connectivity index is 1.54. The van der Waals surface area contributed by atoms with E-state index in [9.17, 15) is 4.79 Å². The maximum absolute atomic E-state index is 13.2. The van der Waals surface area contributed by atoms with E-state index in [2.05, 4.69) is 6.92 Å². The maximum Gasteiger partial charge on any atom is 0.289 e. The lowest BCUT2D eigenvalue weighted by atomic mass is 10.0. The summed E-state index contributed by atoms with van der Waals surface area (Å²) in [5.74, 6) is 2.60. The van der Waals surface area contributed by atoms with E-state index < -0.39 is 0 Å². The predicted octanol–water partition coefficient (Wildman–Crippen LogP) is 5.00. The lowest BCUT2D eigenvalue weighted by Crippen LogP contribution is -2.32. The van der Waals surface area contributed by atoms with Crippen LogP contribution in [0.15, 0.2) is 52.9 Å². The Morgan fingerprint density at radius 3 is 2.67 bits per heavy atom. The van der Waals surface area contributed by atoms with Gasteiger partial charge in [0.05, 0.1) is 33.0 Å². The first kappa shape index (κ1) is 23.7. The van der Waals surface area contributed by atoms with Crippen LogP contribution in [0.1, 0.15) is 27.4 Å². The average Bonchev–Trinajstić information content (AvgIpc) is 3.25. The summed E-state index contributed by atoms with van der Waals surface area (Å²) in [7, 11) is 4.84. The number of methoxy groups -OCH3 is 3. The van der Waals surface area contributed by atoms with Gasteiger partial charge in [0.1, 0.15) is 30.2 Å². The number of rotatable bonds is 6. The van der Waals surface area contributed by atoms with Crippen LogP contribution in [0.2, 0.25) is 0 Å². The summed E-state index contributed by atoms with van der Waals surface area (Å²) in [5.41, 5.74) is 4.35. The van der Waals surface area contributed by atoms with Gasteiger partial charge in [-0.3, -0.25) is 4.79 Å². The summed E-state index contributed by atoms with van der Waals surface area (Å²) < 4.78 is 28.1. The zero-order valence-electron chi connectivity index (χ0n) is 20.8. The first-order chi connectivity index (χ1) is 17.5. The predicted molar refractivity (Wildman–Crippen MR) is 135 cm³/mol. The molecule has 1 aliphatic heterocycles. The van der Waals surface area contributed by atoms with Crippen LogP contribution in [-0.4, -0.2) is 50.3 Å². The molecule has 0 atom stereocenters. The fourth-order valence-corrected chi connectivity index (χ4v) is 4.53. The lowest BCUT2D eigenvalue weighted by Gasteiger charge is -2.19. The van der Waals surface area contributed by atoms with Gasteiger partial charge in [-0.15, -0.1) is 0 Å². The van der Waals surface area contributed by atoms with Gasteiger partial charge in [0.2, 0.25) is 0 Å². The molecule has 0 N–H and O–H groups in total. The molecule has 0 saturated heterocycles. The molecule has 0 aliphatic carbocycles. The van der Waals surface area contributed by atoms with Crippen LogP contribution >= 0.6 is 0 Å². The molecule has 3 heterocycles. The van der Waals surface area contributed by atoms with Crippen LogP contribution in [0.4, 0.5) is 0 Å². The Kier molecular flexibility index (Phi) is 6.52. The molecule has 2 aromatic heterocycles. The highest BCUT2D eigenvalue weighted by Crippen LogP contribution is 2.39. The van der Waals surface area contributed by atoms with Crippen molar-refractivity contribution in [1.82, 2.24) is 9.88 Å². The molecule has 0 spiro atoms. The smallest absolute Gasteiger partial charge is 0.289 e. The normalized spacial score (nSPS) is 13.2. The third-order valence-corrected chi connectivity index (χ3v) is 6.29. The number of aromatic nitrogens is 1. The van der Waals surface area contributed by atoms with E-state index in [4.69, 9.17) is 28.3 Å². The second-order valence-corrected chi connectivity index (χ2v) is 8.62. The quantitative estimate of drug-likeness (QED) is 0.378. The number of carbonyl (C=O) groups is 1. The number of ether oxygens (including phenoxy) is 4. The number of hydrogen-bond donors (Lipinski definition) is 0. The Bertz CT molecular complexity index is 1430. The minimum Gasteiger partial charge on any atom is -0.494 e. The molecule has 1 amide bonds. The molecule has 0 saturated carbocycles. The van der Waals surface area contributed by atoms with Gasteiger partial charge in [0, 0.05) is 23.6 Å². The van der Waals surface area contributed by atoms with Crippen LogP contribution in [0.5, 0.6) is 17.2 Å². The van der Waals surface area contributed by atoms with Crippen molar-refractivity contribution >= 4 is 16.8 Å². The van der Waals surface area contributed by atoms with E-state index in [1.54, 1.807) is 38.4 Å². The van der Waals surface area contributed by atoms with Crippen molar-refractivity contribution in [2.75, 3.05) is 34.5 Å². The number of benzene rings is 2. The highest BCUT2D eigenvalue weighted by molar-refractivity contribution is 5.92. The minimum atomic E-state index is -0.206. The molecule has 8 heteroatoms. The largest absolute Gasteiger partial charge is 0.494 e. The van der Waals surface area contributed by atoms with Crippen molar-refractivity contribution in [2.24, 2.45) is 0 Å². The van der Waals surface area contributed by atoms with Crippen molar-refractivity contribution < 1.29 is 28.2 Å². The monoisotopic (exact) mass is 488 g/mol. The van der Waals surface area contributed by atoms with Crippen molar-refractivity contribution in [3.63, 3.8) is 0 Å². The first-order valence-electron chi connectivity index (χ1n) is 11.7. The van der Waals surface area contributed by atoms with Crippen LogP contribution in [-0.2, 0) is 17.9 Å². The summed E-state index contributed by atoms with van der Waals surface area (Å²) in [4.78, 5) is 19.9. The molecule has 1 aliphatic rings. The molecular weight excluding hydrogens is 460 g/mol. The molecule has 0 unspecified atom stereocenters. The van der Waals surface area contributed by atoms with E-state index in [0.717, 1.165) is 33.3 Å². The zero-order chi connectivity index (χ0) is 25.2. The number of pyridine rings is 1. The number of fused-ring (bicyclic) bond motifs is 2. The number of amides is 1. The van der Waals surface area contributed by atoms with Crippen molar-refractivity contribution in [1.29, 1.82) is 0 Å². The number of hydrogen-bond acceptors (Lipinski definition) is 7.